The summed E-state index contributed by atoms with van der Waals surface area (Å²) in [7, 11) is 0. The topological polar surface area (TPSA) is 68.3 Å². The maximum absolute atomic E-state index is 13.1. The van der Waals surface area contributed by atoms with Crippen LogP contribution in [0.4, 0.5) is 5.69 Å². The summed E-state index contributed by atoms with van der Waals surface area (Å²) in [6.45, 7) is 3.87. The lowest BCUT2D eigenvalue weighted by Crippen LogP contribution is -2.26. The number of thiazole rings is 1. The second-order valence-corrected chi connectivity index (χ2v) is 8.82. The van der Waals surface area contributed by atoms with Crippen molar-refractivity contribution in [3.63, 3.8) is 0 Å². The summed E-state index contributed by atoms with van der Waals surface area (Å²) in [6.07, 6.45) is -1.10. The van der Waals surface area contributed by atoms with Gasteiger partial charge in [-0.3, -0.25) is 4.79 Å². The fraction of sp³-hybridized carbons (Fsp3) is 0.125. The molecule has 2 aromatic heterocycles. The minimum absolute atomic E-state index is 0.189. The Bertz CT molecular complexity index is 1200. The molecule has 4 rings (SSSR count). The Morgan fingerprint density at radius 1 is 1.00 bits per heavy atom. The molecule has 4 aromatic rings. The van der Waals surface area contributed by atoms with Crippen LogP contribution in [0.2, 0.25) is 0 Å². The summed E-state index contributed by atoms with van der Waals surface area (Å²) in [5, 5.41) is 7.26. The largest absolute Gasteiger partial charge is 0.443 e. The summed E-state index contributed by atoms with van der Waals surface area (Å²) in [4.78, 5) is 31.3. The van der Waals surface area contributed by atoms with Crippen molar-refractivity contribution in [2.75, 3.05) is 5.32 Å². The number of thiophene rings is 1. The van der Waals surface area contributed by atoms with Crippen molar-refractivity contribution in [3.8, 4) is 9.88 Å². The number of rotatable bonds is 6. The number of nitrogens with one attached hydrogen (secondary N) is 1. The molecule has 0 aliphatic rings. The van der Waals surface area contributed by atoms with Crippen LogP contribution < -0.4 is 5.32 Å². The van der Waals surface area contributed by atoms with Crippen LogP contribution in [0.1, 0.15) is 33.3 Å². The van der Waals surface area contributed by atoms with Gasteiger partial charge in [-0.15, -0.1) is 22.7 Å². The molecule has 0 radical (unpaired) electrons. The van der Waals surface area contributed by atoms with Crippen molar-refractivity contribution in [1.82, 2.24) is 4.98 Å². The lowest BCUT2D eigenvalue weighted by atomic mass is 10.1. The molecule has 0 spiro atoms. The number of nitrogens with zero attached hydrogens (tertiary/aromatic N) is 1. The summed E-state index contributed by atoms with van der Waals surface area (Å²) < 4.78 is 5.65. The van der Waals surface area contributed by atoms with E-state index >= 15 is 0 Å². The Morgan fingerprint density at radius 3 is 2.55 bits per heavy atom. The highest BCUT2D eigenvalue weighted by molar-refractivity contribution is 7.20. The number of hydrogen-bond acceptors (Lipinski definition) is 6. The van der Waals surface area contributed by atoms with Gasteiger partial charge in [-0.2, -0.15) is 0 Å². The van der Waals surface area contributed by atoms with Crippen molar-refractivity contribution in [3.05, 3.63) is 93.8 Å². The van der Waals surface area contributed by atoms with Gasteiger partial charge in [0.15, 0.2) is 5.69 Å². The van der Waals surface area contributed by atoms with Crippen LogP contribution in [0.5, 0.6) is 0 Å². The quantitative estimate of drug-likeness (QED) is 0.366. The molecule has 5 nitrogen and oxygen atoms in total. The van der Waals surface area contributed by atoms with Crippen molar-refractivity contribution >= 4 is 40.2 Å². The Balaban J connectivity index is 1.57. The number of aromatic nitrogens is 1. The zero-order valence-corrected chi connectivity index (χ0v) is 18.6. The molecule has 0 bridgehead atoms. The lowest BCUT2D eigenvalue weighted by Gasteiger charge is -2.18. The number of aryl methyl sites for hydroxylation is 2. The molecule has 1 unspecified atom stereocenters. The van der Waals surface area contributed by atoms with Crippen LogP contribution >= 0.6 is 22.7 Å². The maximum Gasteiger partial charge on any atom is 0.358 e. The van der Waals surface area contributed by atoms with Gasteiger partial charge in [-0.25, -0.2) is 9.78 Å². The molecule has 0 saturated heterocycles. The molecule has 31 heavy (non-hydrogen) atoms. The summed E-state index contributed by atoms with van der Waals surface area (Å²) in [5.41, 5.74) is 3.42. The maximum atomic E-state index is 13.1. The van der Waals surface area contributed by atoms with E-state index in [2.05, 4.69) is 10.3 Å². The highest BCUT2D eigenvalue weighted by atomic mass is 32.1. The summed E-state index contributed by atoms with van der Waals surface area (Å²) >= 11 is 2.92. The number of carbonyl (C=O) groups is 2. The smallest absolute Gasteiger partial charge is 0.358 e. The fourth-order valence-corrected chi connectivity index (χ4v) is 4.62. The van der Waals surface area contributed by atoms with Gasteiger partial charge >= 0.3 is 5.97 Å². The molecule has 1 amide bonds. The zero-order chi connectivity index (χ0) is 21.8. The third-order valence-electron chi connectivity index (χ3n) is 4.66. The third-order valence-corrected chi connectivity index (χ3v) is 6.54. The van der Waals surface area contributed by atoms with E-state index < -0.39 is 18.0 Å². The first-order valence-corrected chi connectivity index (χ1v) is 11.4. The van der Waals surface area contributed by atoms with Gasteiger partial charge in [0.05, 0.1) is 4.88 Å². The van der Waals surface area contributed by atoms with Crippen molar-refractivity contribution in [2.24, 2.45) is 0 Å². The number of ether oxygens (including phenoxy) is 1. The molecule has 0 saturated carbocycles. The van der Waals surface area contributed by atoms with E-state index in [4.69, 9.17) is 4.74 Å². The first-order valence-electron chi connectivity index (χ1n) is 9.65. The van der Waals surface area contributed by atoms with Crippen molar-refractivity contribution < 1.29 is 14.3 Å². The second-order valence-electron chi connectivity index (χ2n) is 7.02. The predicted octanol–water partition coefficient (Wildman–Crippen LogP) is 6.03. The Morgan fingerprint density at radius 2 is 1.81 bits per heavy atom. The highest BCUT2D eigenvalue weighted by Crippen LogP contribution is 2.29. The second kappa shape index (κ2) is 9.24. The number of anilines is 1. The van der Waals surface area contributed by atoms with Crippen LogP contribution in [0.15, 0.2) is 71.4 Å². The molecule has 2 aromatic carbocycles. The minimum atomic E-state index is -1.10. The van der Waals surface area contributed by atoms with Gasteiger partial charge in [0.2, 0.25) is 6.10 Å². The molecular weight excluding hydrogens is 428 g/mol. The van der Waals surface area contributed by atoms with E-state index in [0.717, 1.165) is 21.0 Å². The first-order chi connectivity index (χ1) is 15.0. The first kappa shape index (κ1) is 21.0. The monoisotopic (exact) mass is 448 g/mol. The Labute approximate surface area is 188 Å². The standard InChI is InChI=1S/C24H20N2O3S2/c1-15-10-11-16(2)18(13-15)25-22(27)21(17-7-4-3-5-8-17)29-24(28)19-14-31-23(26-19)20-9-6-12-30-20/h3-14,21H,1-2H3,(H,25,27). The van der Waals surface area contributed by atoms with Crippen LogP contribution in [0.25, 0.3) is 9.88 Å². The van der Waals surface area contributed by atoms with Gasteiger partial charge in [0, 0.05) is 16.6 Å². The van der Waals surface area contributed by atoms with E-state index in [1.807, 2.05) is 55.6 Å². The van der Waals surface area contributed by atoms with Crippen LogP contribution in [0.3, 0.4) is 0 Å². The molecule has 0 aliphatic carbocycles. The molecule has 0 aliphatic heterocycles. The van der Waals surface area contributed by atoms with E-state index in [9.17, 15) is 9.59 Å². The fourth-order valence-electron chi connectivity index (χ4n) is 3.02. The van der Waals surface area contributed by atoms with Gasteiger partial charge < -0.3 is 10.1 Å². The Hall–Kier alpha value is -3.29. The molecule has 2 heterocycles. The summed E-state index contributed by atoms with van der Waals surface area (Å²) in [6, 6.07) is 18.7. The molecule has 7 heteroatoms. The number of benzene rings is 2. The van der Waals surface area contributed by atoms with Crippen LogP contribution in [-0.4, -0.2) is 16.9 Å². The van der Waals surface area contributed by atoms with Gasteiger partial charge in [0.25, 0.3) is 5.91 Å². The molecule has 156 valence electrons. The van der Waals surface area contributed by atoms with Crippen molar-refractivity contribution in [2.45, 2.75) is 20.0 Å². The number of hydrogen-bond donors (Lipinski definition) is 1. The van der Waals surface area contributed by atoms with E-state index in [1.165, 1.54) is 11.3 Å². The van der Waals surface area contributed by atoms with E-state index in [1.54, 1.807) is 41.0 Å². The third kappa shape index (κ3) is 4.90. The predicted molar refractivity (Wildman–Crippen MR) is 125 cm³/mol. The van der Waals surface area contributed by atoms with Crippen LogP contribution in [0, 0.1) is 13.8 Å². The van der Waals surface area contributed by atoms with Gasteiger partial charge in [-0.1, -0.05) is 48.5 Å². The Kier molecular flexibility index (Phi) is 6.25. The van der Waals surface area contributed by atoms with Gasteiger partial charge in [0.1, 0.15) is 5.01 Å². The average molecular weight is 449 g/mol. The number of esters is 1. The summed E-state index contributed by atoms with van der Waals surface area (Å²) in [5.74, 6) is -1.05. The SMILES string of the molecule is Cc1ccc(C)c(NC(=O)C(OC(=O)c2csc(-c3cccs3)n2)c2ccccc2)c1. The molecule has 1 atom stereocenters. The molecule has 1 N–H and O–H groups in total. The minimum Gasteiger partial charge on any atom is -0.443 e. The average Bonchev–Trinajstić information content (AvgIpc) is 3.47. The van der Waals surface area contributed by atoms with Crippen molar-refractivity contribution in [1.29, 1.82) is 0 Å². The van der Waals surface area contributed by atoms with E-state index in [0.29, 0.717) is 11.3 Å². The normalized spacial score (nSPS) is 11.7. The van der Waals surface area contributed by atoms with E-state index in [-0.39, 0.29) is 5.69 Å². The zero-order valence-electron chi connectivity index (χ0n) is 17.0. The molecule has 0 fully saturated rings. The lowest BCUT2D eigenvalue weighted by molar-refractivity contribution is -0.125. The highest BCUT2D eigenvalue weighted by Gasteiger charge is 2.27. The molecular formula is C24H20N2O3S2. The number of amides is 1. The number of carbonyl (C=O) groups excluding carboxylic acids is 2. The van der Waals surface area contributed by atoms with Crippen LogP contribution in [-0.2, 0) is 9.53 Å². The van der Waals surface area contributed by atoms with Gasteiger partial charge in [-0.05, 0) is 42.5 Å².